The Hall–Kier alpha value is -2.57. The Bertz CT molecular complexity index is 1040. The number of nitriles is 1. The third-order valence-corrected chi connectivity index (χ3v) is 5.40. The van der Waals surface area contributed by atoms with Crippen molar-refractivity contribution in [2.75, 3.05) is 12.8 Å². The van der Waals surface area contributed by atoms with Gasteiger partial charge in [0.25, 0.3) is 5.56 Å². The van der Waals surface area contributed by atoms with Crippen LogP contribution in [0.4, 0.5) is 4.39 Å². The number of nitrogens with zero attached hydrogens (tertiary/aromatic N) is 4. The van der Waals surface area contributed by atoms with E-state index in [-0.39, 0.29) is 37.2 Å². The molecule has 0 bridgehead atoms. The van der Waals surface area contributed by atoms with Crippen LogP contribution in [-0.4, -0.2) is 35.1 Å². The number of benzene rings is 1. The third kappa shape index (κ3) is 3.45. The minimum Gasteiger partial charge on any atom is -0.294 e. The van der Waals surface area contributed by atoms with Crippen LogP contribution in [0.3, 0.4) is 0 Å². The average Bonchev–Trinajstić information content (AvgIpc) is 2.56. The van der Waals surface area contributed by atoms with Gasteiger partial charge in [-0.15, -0.1) is 0 Å². The van der Waals surface area contributed by atoms with Crippen LogP contribution in [0.2, 0.25) is 0 Å². The Morgan fingerprint density at radius 1 is 1.40 bits per heavy atom. The number of hydrogen-bond acceptors (Lipinski definition) is 5. The lowest BCUT2D eigenvalue weighted by Gasteiger charge is -2.25. The fourth-order valence-electron chi connectivity index (χ4n) is 2.82. The first kappa shape index (κ1) is 17.3. The van der Waals surface area contributed by atoms with Gasteiger partial charge in [0, 0.05) is 12.1 Å². The molecule has 0 saturated carbocycles. The van der Waals surface area contributed by atoms with Crippen molar-refractivity contribution in [3.8, 4) is 6.07 Å². The maximum absolute atomic E-state index is 13.4. The summed E-state index contributed by atoms with van der Waals surface area (Å²) in [5.41, 5.74) is 1.26. The zero-order valence-electron chi connectivity index (χ0n) is 13.4. The van der Waals surface area contributed by atoms with Gasteiger partial charge in [0.1, 0.15) is 5.82 Å². The van der Waals surface area contributed by atoms with E-state index in [2.05, 4.69) is 4.98 Å². The van der Waals surface area contributed by atoms with Crippen molar-refractivity contribution in [2.45, 2.75) is 19.5 Å². The summed E-state index contributed by atoms with van der Waals surface area (Å²) in [6, 6.07) is 5.75. The number of hydrogen-bond donors (Lipinski definition) is 0. The Morgan fingerprint density at radius 3 is 2.84 bits per heavy atom. The smallest absolute Gasteiger partial charge is 0.257 e. The lowest BCUT2D eigenvalue weighted by Crippen LogP contribution is -2.39. The van der Waals surface area contributed by atoms with Crippen LogP contribution in [0.15, 0.2) is 29.3 Å². The van der Waals surface area contributed by atoms with E-state index in [4.69, 9.17) is 5.26 Å². The fraction of sp³-hybridized carbons (Fsp3) is 0.312. The highest BCUT2D eigenvalue weighted by molar-refractivity contribution is 7.88. The largest absolute Gasteiger partial charge is 0.294 e. The molecule has 0 amide bonds. The molecule has 0 aliphatic carbocycles. The molecular weight excluding hydrogens is 347 g/mol. The molecule has 0 radical (unpaired) electrons. The van der Waals surface area contributed by atoms with Crippen molar-refractivity contribution in [2.24, 2.45) is 0 Å². The first-order valence-electron chi connectivity index (χ1n) is 7.50. The molecule has 0 saturated heterocycles. The summed E-state index contributed by atoms with van der Waals surface area (Å²) in [5.74, 6) is -0.489. The fourth-order valence-corrected chi connectivity index (χ4v) is 3.60. The zero-order valence-corrected chi connectivity index (χ0v) is 14.3. The summed E-state index contributed by atoms with van der Waals surface area (Å²) in [5, 5.41) is 9.12. The lowest BCUT2D eigenvalue weighted by molar-refractivity contribution is 0.384. The first-order chi connectivity index (χ1) is 11.8. The Balaban J connectivity index is 1.96. The van der Waals surface area contributed by atoms with Crippen molar-refractivity contribution in [3.63, 3.8) is 0 Å². The molecule has 0 unspecified atom stereocenters. The molecule has 0 N–H and O–H groups in total. The average molecular weight is 362 g/mol. The van der Waals surface area contributed by atoms with E-state index in [1.807, 2.05) is 6.07 Å². The number of fused-ring (bicyclic) bond motifs is 1. The molecule has 0 spiro atoms. The monoisotopic (exact) mass is 362 g/mol. The molecule has 0 fully saturated rings. The first-order valence-corrected chi connectivity index (χ1v) is 9.35. The highest BCUT2D eigenvalue weighted by Gasteiger charge is 2.26. The van der Waals surface area contributed by atoms with E-state index in [1.54, 1.807) is 0 Å². The van der Waals surface area contributed by atoms with Gasteiger partial charge in [-0.2, -0.15) is 9.57 Å². The van der Waals surface area contributed by atoms with Crippen LogP contribution in [0.5, 0.6) is 0 Å². The van der Waals surface area contributed by atoms with Crippen LogP contribution in [0, 0.1) is 17.1 Å². The van der Waals surface area contributed by atoms with Crippen molar-refractivity contribution in [1.29, 1.82) is 5.26 Å². The van der Waals surface area contributed by atoms with Gasteiger partial charge in [-0.3, -0.25) is 9.36 Å². The lowest BCUT2D eigenvalue weighted by atomic mass is 10.1. The Morgan fingerprint density at radius 2 is 2.16 bits per heavy atom. The molecule has 0 atom stereocenters. The zero-order chi connectivity index (χ0) is 18.2. The second-order valence-electron chi connectivity index (χ2n) is 5.86. The quantitative estimate of drug-likeness (QED) is 0.797. The molecule has 7 nitrogen and oxygen atoms in total. The van der Waals surface area contributed by atoms with Gasteiger partial charge in [0.05, 0.1) is 43.0 Å². The molecule has 1 aliphatic heterocycles. The predicted octanol–water partition coefficient (Wildman–Crippen LogP) is 0.620. The van der Waals surface area contributed by atoms with Gasteiger partial charge < -0.3 is 0 Å². The van der Waals surface area contributed by atoms with Gasteiger partial charge in [-0.25, -0.2) is 17.8 Å². The normalized spacial score (nSPS) is 14.8. The van der Waals surface area contributed by atoms with Crippen molar-refractivity contribution in [1.82, 2.24) is 13.9 Å². The van der Waals surface area contributed by atoms with E-state index in [9.17, 15) is 17.6 Å². The van der Waals surface area contributed by atoms with Crippen molar-refractivity contribution < 1.29 is 12.8 Å². The minimum atomic E-state index is -3.35. The number of aromatic nitrogens is 2. The second-order valence-corrected chi connectivity index (χ2v) is 7.85. The molecule has 25 heavy (non-hydrogen) atoms. The van der Waals surface area contributed by atoms with Crippen LogP contribution in [0.1, 0.15) is 22.4 Å². The molecule has 1 aromatic heterocycles. The van der Waals surface area contributed by atoms with Crippen LogP contribution < -0.4 is 5.56 Å². The summed E-state index contributed by atoms with van der Waals surface area (Å²) >= 11 is 0. The SMILES string of the molecule is CS(=O)(=O)N1CCc2c(ncn(Cc3cc(F)ccc3C#N)c2=O)C1. The summed E-state index contributed by atoms with van der Waals surface area (Å²) in [7, 11) is -3.35. The number of halogens is 1. The van der Waals surface area contributed by atoms with Crippen molar-refractivity contribution in [3.05, 3.63) is 63.1 Å². The Labute approximate surface area is 144 Å². The molecule has 1 aliphatic rings. The van der Waals surface area contributed by atoms with E-state index < -0.39 is 15.8 Å². The minimum absolute atomic E-state index is 0.0234. The molecule has 2 heterocycles. The molecule has 2 aromatic rings. The van der Waals surface area contributed by atoms with Gasteiger partial charge in [0.2, 0.25) is 10.0 Å². The summed E-state index contributed by atoms with van der Waals surface area (Å²) < 4.78 is 39.3. The van der Waals surface area contributed by atoms with Crippen LogP contribution in [-0.2, 0) is 29.5 Å². The van der Waals surface area contributed by atoms with E-state index in [1.165, 1.54) is 33.4 Å². The maximum Gasteiger partial charge on any atom is 0.257 e. The summed E-state index contributed by atoms with van der Waals surface area (Å²) in [6.07, 6.45) is 2.69. The van der Waals surface area contributed by atoms with E-state index >= 15 is 0 Å². The van der Waals surface area contributed by atoms with E-state index in [0.717, 1.165) is 6.26 Å². The molecular formula is C16H15FN4O3S. The van der Waals surface area contributed by atoms with Crippen LogP contribution >= 0.6 is 0 Å². The molecule has 9 heteroatoms. The number of sulfonamides is 1. The highest BCUT2D eigenvalue weighted by atomic mass is 32.2. The summed E-state index contributed by atoms with van der Waals surface area (Å²) in [6.45, 7) is 0.305. The van der Waals surface area contributed by atoms with Gasteiger partial charge >= 0.3 is 0 Å². The van der Waals surface area contributed by atoms with Gasteiger partial charge in [-0.05, 0) is 30.2 Å². The van der Waals surface area contributed by atoms with Gasteiger partial charge in [-0.1, -0.05) is 0 Å². The standard InChI is InChI=1S/C16H15FN4O3S/c1-25(23,24)21-5-4-14-15(9-21)19-10-20(16(14)22)8-12-6-13(17)3-2-11(12)7-18/h2-3,6,10H,4-5,8-9H2,1H3. The predicted molar refractivity (Wildman–Crippen MR) is 87.7 cm³/mol. The van der Waals surface area contributed by atoms with E-state index in [0.29, 0.717) is 16.8 Å². The maximum atomic E-state index is 13.4. The molecule has 130 valence electrons. The summed E-state index contributed by atoms with van der Waals surface area (Å²) in [4.78, 5) is 16.8. The van der Waals surface area contributed by atoms with Crippen molar-refractivity contribution >= 4 is 10.0 Å². The Kier molecular flexibility index (Phi) is 4.41. The van der Waals surface area contributed by atoms with Crippen LogP contribution in [0.25, 0.3) is 0 Å². The topological polar surface area (TPSA) is 96.1 Å². The second kappa shape index (κ2) is 6.38. The number of rotatable bonds is 3. The highest BCUT2D eigenvalue weighted by Crippen LogP contribution is 2.17. The molecule has 1 aromatic carbocycles. The molecule has 3 rings (SSSR count). The third-order valence-electron chi connectivity index (χ3n) is 4.16. The van der Waals surface area contributed by atoms with Gasteiger partial charge in [0.15, 0.2) is 0 Å².